The van der Waals surface area contributed by atoms with Crippen LogP contribution in [0.15, 0.2) is 0 Å². The molecular weight excluding hydrogens is 256 g/mol. The van der Waals surface area contributed by atoms with Crippen LogP contribution in [-0.4, -0.2) is 41.6 Å². The molecule has 0 aromatic carbocycles. The van der Waals surface area contributed by atoms with Crippen molar-refractivity contribution >= 4 is 12.0 Å². The van der Waals surface area contributed by atoms with Crippen LogP contribution >= 0.6 is 0 Å². The zero-order valence-corrected chi connectivity index (χ0v) is 12.4. The molecule has 0 heterocycles. The minimum Gasteiger partial charge on any atom is -0.481 e. The summed E-state index contributed by atoms with van der Waals surface area (Å²) < 4.78 is 0. The highest BCUT2D eigenvalue weighted by atomic mass is 16.4. The Bertz CT molecular complexity index is 360. The highest BCUT2D eigenvalue weighted by Gasteiger charge is 2.41. The van der Waals surface area contributed by atoms with Gasteiger partial charge in [0, 0.05) is 19.6 Å². The van der Waals surface area contributed by atoms with E-state index in [1.54, 1.807) is 0 Å². The standard InChI is InChI=1S/C15H26N2O3/c1-2-17(10-12-6-5-7-12)14(20)16-11-15(13(18)19)8-3-4-9-15/h12H,2-11H2,1H3,(H,16,20)(H,18,19). The van der Waals surface area contributed by atoms with Gasteiger partial charge in [0.15, 0.2) is 0 Å². The molecule has 2 fully saturated rings. The molecule has 0 unspecified atom stereocenters. The van der Waals surface area contributed by atoms with Crippen LogP contribution in [0.2, 0.25) is 0 Å². The van der Waals surface area contributed by atoms with Gasteiger partial charge in [-0.15, -0.1) is 0 Å². The van der Waals surface area contributed by atoms with Gasteiger partial charge in [0.25, 0.3) is 0 Å². The maximum absolute atomic E-state index is 12.2. The van der Waals surface area contributed by atoms with E-state index in [-0.39, 0.29) is 12.6 Å². The van der Waals surface area contributed by atoms with E-state index in [0.717, 1.165) is 19.4 Å². The number of rotatable bonds is 6. The van der Waals surface area contributed by atoms with Crippen molar-refractivity contribution in [3.63, 3.8) is 0 Å². The predicted molar refractivity (Wildman–Crippen MR) is 76.5 cm³/mol. The summed E-state index contributed by atoms with van der Waals surface area (Å²) in [4.78, 5) is 25.5. The summed E-state index contributed by atoms with van der Waals surface area (Å²) in [5, 5.41) is 12.3. The van der Waals surface area contributed by atoms with Crippen molar-refractivity contribution in [3.8, 4) is 0 Å². The molecule has 0 radical (unpaired) electrons. The fourth-order valence-electron chi connectivity index (χ4n) is 3.22. The van der Waals surface area contributed by atoms with Crippen molar-refractivity contribution in [2.24, 2.45) is 11.3 Å². The summed E-state index contributed by atoms with van der Waals surface area (Å²) in [7, 11) is 0. The first-order valence-electron chi connectivity index (χ1n) is 7.83. The fourth-order valence-corrected chi connectivity index (χ4v) is 3.22. The third kappa shape index (κ3) is 3.25. The Morgan fingerprint density at radius 3 is 2.35 bits per heavy atom. The Hall–Kier alpha value is -1.26. The molecule has 0 saturated heterocycles. The van der Waals surface area contributed by atoms with Crippen molar-refractivity contribution in [2.75, 3.05) is 19.6 Å². The molecule has 0 spiro atoms. The third-order valence-electron chi connectivity index (χ3n) is 4.96. The van der Waals surface area contributed by atoms with E-state index in [9.17, 15) is 14.7 Å². The van der Waals surface area contributed by atoms with Gasteiger partial charge in [0.05, 0.1) is 5.41 Å². The van der Waals surface area contributed by atoms with Crippen LogP contribution in [0.4, 0.5) is 4.79 Å². The van der Waals surface area contributed by atoms with Gasteiger partial charge in [-0.25, -0.2) is 4.79 Å². The van der Waals surface area contributed by atoms with Crippen LogP contribution in [0.3, 0.4) is 0 Å². The maximum atomic E-state index is 12.2. The lowest BCUT2D eigenvalue weighted by molar-refractivity contribution is -0.148. The Labute approximate surface area is 120 Å². The molecule has 0 bridgehead atoms. The zero-order valence-electron chi connectivity index (χ0n) is 12.4. The summed E-state index contributed by atoms with van der Waals surface area (Å²) >= 11 is 0. The second kappa shape index (κ2) is 6.46. The summed E-state index contributed by atoms with van der Waals surface area (Å²) in [6.45, 7) is 3.73. The van der Waals surface area contributed by atoms with Crippen LogP contribution in [-0.2, 0) is 4.79 Å². The average molecular weight is 282 g/mol. The molecule has 0 atom stereocenters. The molecule has 0 aliphatic heterocycles. The Morgan fingerprint density at radius 1 is 1.25 bits per heavy atom. The van der Waals surface area contributed by atoms with Gasteiger partial charge < -0.3 is 15.3 Å². The van der Waals surface area contributed by atoms with Gasteiger partial charge in [-0.1, -0.05) is 19.3 Å². The summed E-state index contributed by atoms with van der Waals surface area (Å²) in [5.74, 6) is -0.127. The van der Waals surface area contributed by atoms with Crippen LogP contribution in [0.1, 0.15) is 51.9 Å². The van der Waals surface area contributed by atoms with Gasteiger partial charge in [-0.2, -0.15) is 0 Å². The smallest absolute Gasteiger partial charge is 0.317 e. The molecule has 5 nitrogen and oxygen atoms in total. The zero-order chi connectivity index (χ0) is 14.6. The number of carboxylic acid groups (broad SMARTS) is 1. The van der Waals surface area contributed by atoms with Crippen LogP contribution in [0.25, 0.3) is 0 Å². The van der Waals surface area contributed by atoms with Crippen LogP contribution in [0, 0.1) is 11.3 Å². The number of urea groups is 1. The van der Waals surface area contributed by atoms with Gasteiger partial charge in [-0.3, -0.25) is 4.79 Å². The predicted octanol–water partition coefficient (Wildman–Crippen LogP) is 2.46. The van der Waals surface area contributed by atoms with E-state index in [2.05, 4.69) is 5.32 Å². The molecule has 2 aliphatic carbocycles. The minimum atomic E-state index is -0.766. The van der Waals surface area contributed by atoms with Gasteiger partial charge in [-0.05, 0) is 38.5 Å². The van der Waals surface area contributed by atoms with Crippen LogP contribution in [0.5, 0.6) is 0 Å². The average Bonchev–Trinajstić information content (AvgIpc) is 2.85. The normalized spacial score (nSPS) is 21.2. The third-order valence-corrected chi connectivity index (χ3v) is 4.96. The molecule has 2 aliphatic rings. The monoisotopic (exact) mass is 282 g/mol. The van der Waals surface area contributed by atoms with Crippen molar-refractivity contribution in [1.29, 1.82) is 0 Å². The van der Waals surface area contributed by atoms with Crippen molar-refractivity contribution in [3.05, 3.63) is 0 Å². The minimum absolute atomic E-state index is 0.105. The van der Waals surface area contributed by atoms with E-state index < -0.39 is 11.4 Å². The molecule has 114 valence electrons. The maximum Gasteiger partial charge on any atom is 0.317 e. The Morgan fingerprint density at radius 2 is 1.90 bits per heavy atom. The number of hydrogen-bond donors (Lipinski definition) is 2. The molecule has 20 heavy (non-hydrogen) atoms. The van der Waals surface area contributed by atoms with E-state index in [0.29, 0.717) is 25.3 Å². The van der Waals surface area contributed by atoms with E-state index in [4.69, 9.17) is 0 Å². The molecule has 2 rings (SSSR count). The van der Waals surface area contributed by atoms with Crippen LogP contribution < -0.4 is 5.32 Å². The highest BCUT2D eigenvalue weighted by Crippen LogP contribution is 2.37. The number of hydrogen-bond acceptors (Lipinski definition) is 2. The lowest BCUT2D eigenvalue weighted by Crippen LogP contribution is -2.48. The second-order valence-electron chi connectivity index (χ2n) is 6.29. The van der Waals surface area contributed by atoms with E-state index in [1.807, 2.05) is 11.8 Å². The largest absolute Gasteiger partial charge is 0.481 e. The van der Waals surface area contributed by atoms with Crippen molar-refractivity contribution in [2.45, 2.75) is 51.9 Å². The van der Waals surface area contributed by atoms with Gasteiger partial charge in [0.1, 0.15) is 0 Å². The van der Waals surface area contributed by atoms with Gasteiger partial charge >= 0.3 is 12.0 Å². The van der Waals surface area contributed by atoms with Gasteiger partial charge in [0.2, 0.25) is 0 Å². The molecule has 2 saturated carbocycles. The van der Waals surface area contributed by atoms with E-state index in [1.165, 1.54) is 19.3 Å². The molecular formula is C15H26N2O3. The Kier molecular flexibility index (Phi) is 4.89. The number of nitrogens with zero attached hydrogens (tertiary/aromatic N) is 1. The van der Waals surface area contributed by atoms with Crippen molar-refractivity contribution < 1.29 is 14.7 Å². The molecule has 0 aromatic rings. The second-order valence-corrected chi connectivity index (χ2v) is 6.29. The number of nitrogens with one attached hydrogen (secondary N) is 1. The highest BCUT2D eigenvalue weighted by molar-refractivity contribution is 5.78. The first kappa shape index (κ1) is 15.1. The molecule has 0 aromatic heterocycles. The number of carboxylic acids is 1. The molecule has 2 N–H and O–H groups in total. The topological polar surface area (TPSA) is 69.6 Å². The quantitative estimate of drug-likeness (QED) is 0.786. The SMILES string of the molecule is CCN(CC1CCC1)C(=O)NCC1(C(=O)O)CCCC1. The first-order chi connectivity index (χ1) is 9.57. The number of carbonyl (C=O) groups excluding carboxylic acids is 1. The van der Waals surface area contributed by atoms with Crippen molar-refractivity contribution in [1.82, 2.24) is 10.2 Å². The van der Waals surface area contributed by atoms with E-state index >= 15 is 0 Å². The lowest BCUT2D eigenvalue weighted by Gasteiger charge is -2.33. The first-order valence-corrected chi connectivity index (χ1v) is 7.83. The summed E-state index contributed by atoms with van der Waals surface area (Å²) in [6, 6.07) is -0.105. The summed E-state index contributed by atoms with van der Waals surface area (Å²) in [5.41, 5.74) is -0.731. The summed E-state index contributed by atoms with van der Waals surface area (Å²) in [6.07, 6.45) is 6.94. The fraction of sp³-hybridized carbons (Fsp3) is 0.867. The molecule has 2 amide bonds. The lowest BCUT2D eigenvalue weighted by atomic mass is 9.85. The number of amides is 2. The number of aliphatic carboxylic acids is 1. The Balaban J connectivity index is 1.84. The number of carbonyl (C=O) groups is 2. The molecule has 5 heteroatoms.